The van der Waals surface area contributed by atoms with Crippen molar-refractivity contribution in [1.29, 1.82) is 0 Å². The Morgan fingerprint density at radius 2 is 1.83 bits per heavy atom. The molecule has 0 spiro atoms. The van der Waals surface area contributed by atoms with Crippen LogP contribution in [0.5, 0.6) is 0 Å². The summed E-state index contributed by atoms with van der Waals surface area (Å²) < 4.78 is 2.21. The van der Waals surface area contributed by atoms with Crippen LogP contribution in [0.1, 0.15) is 18.5 Å². The van der Waals surface area contributed by atoms with Gasteiger partial charge in [-0.1, -0.05) is 6.07 Å². The molecular weight excluding hydrogens is 286 g/mol. The predicted octanol–water partition coefficient (Wildman–Crippen LogP) is 1.45. The number of fused-ring (bicyclic) bond motifs is 1. The molecule has 1 N–H and O–H groups in total. The van der Waals surface area contributed by atoms with Gasteiger partial charge in [-0.2, -0.15) is 0 Å². The Hall–Kier alpha value is -1.43. The molecular formula is C18H27N5. The molecule has 0 amide bonds. The fraction of sp³-hybridized carbons (Fsp3) is 0.611. The molecule has 0 atom stereocenters. The predicted molar refractivity (Wildman–Crippen MR) is 92.5 cm³/mol. The first-order chi connectivity index (χ1) is 11.4. The highest BCUT2D eigenvalue weighted by Gasteiger charge is 2.21. The maximum Gasteiger partial charge on any atom is 0.136 e. The number of nitrogens with one attached hydrogen (secondary N) is 1. The number of nitrogens with zero attached hydrogens (tertiary/aromatic N) is 4. The molecule has 2 aromatic rings. The second kappa shape index (κ2) is 6.99. The Morgan fingerprint density at radius 1 is 1.04 bits per heavy atom. The van der Waals surface area contributed by atoms with E-state index in [9.17, 15) is 0 Å². The molecule has 5 nitrogen and oxygen atoms in total. The van der Waals surface area contributed by atoms with Crippen LogP contribution < -0.4 is 5.32 Å². The average Bonchev–Trinajstić information content (AvgIpc) is 3.01. The van der Waals surface area contributed by atoms with Crippen molar-refractivity contribution in [3.05, 3.63) is 36.3 Å². The number of pyridine rings is 1. The summed E-state index contributed by atoms with van der Waals surface area (Å²) >= 11 is 0. The topological polar surface area (TPSA) is 35.8 Å². The minimum absolute atomic E-state index is 0.904. The molecule has 2 aliphatic heterocycles. The molecule has 0 aliphatic carbocycles. The molecule has 0 aromatic carbocycles. The smallest absolute Gasteiger partial charge is 0.136 e. The van der Waals surface area contributed by atoms with Crippen molar-refractivity contribution in [3.8, 4) is 0 Å². The van der Waals surface area contributed by atoms with Crippen molar-refractivity contribution in [3.63, 3.8) is 0 Å². The highest BCUT2D eigenvalue weighted by Crippen LogP contribution is 2.16. The lowest BCUT2D eigenvalue weighted by Crippen LogP contribution is -2.48. The van der Waals surface area contributed by atoms with Gasteiger partial charge < -0.3 is 14.6 Å². The van der Waals surface area contributed by atoms with Crippen LogP contribution in [0.15, 0.2) is 30.6 Å². The Kier molecular flexibility index (Phi) is 4.60. The van der Waals surface area contributed by atoms with Gasteiger partial charge in [0.25, 0.3) is 0 Å². The van der Waals surface area contributed by atoms with Gasteiger partial charge >= 0.3 is 0 Å². The van der Waals surface area contributed by atoms with Crippen LogP contribution in [0.4, 0.5) is 0 Å². The molecule has 23 heavy (non-hydrogen) atoms. The van der Waals surface area contributed by atoms with E-state index in [1.807, 2.05) is 12.3 Å². The van der Waals surface area contributed by atoms with Crippen molar-refractivity contribution < 1.29 is 0 Å². The van der Waals surface area contributed by atoms with Gasteiger partial charge in [-0.25, -0.2) is 4.98 Å². The second-order valence-electron chi connectivity index (χ2n) is 6.95. The summed E-state index contributed by atoms with van der Waals surface area (Å²) in [6.45, 7) is 9.48. The third-order valence-electron chi connectivity index (χ3n) is 5.32. The van der Waals surface area contributed by atoms with Gasteiger partial charge in [-0.05, 0) is 44.0 Å². The Morgan fingerprint density at radius 3 is 2.65 bits per heavy atom. The van der Waals surface area contributed by atoms with Crippen LogP contribution in [0, 0.1) is 5.92 Å². The SMILES string of the molecule is c1ccn2c(CN3CCN(CC4CCNCC4)CC3)cnc2c1. The summed E-state index contributed by atoms with van der Waals surface area (Å²) in [5.74, 6) is 0.904. The molecule has 0 radical (unpaired) electrons. The first kappa shape index (κ1) is 15.1. The van der Waals surface area contributed by atoms with Gasteiger partial charge in [-0.3, -0.25) is 4.90 Å². The zero-order chi connectivity index (χ0) is 15.5. The fourth-order valence-electron chi connectivity index (χ4n) is 3.89. The highest BCUT2D eigenvalue weighted by atomic mass is 15.3. The van der Waals surface area contributed by atoms with E-state index in [4.69, 9.17) is 0 Å². The van der Waals surface area contributed by atoms with Gasteiger partial charge in [0.05, 0.1) is 11.9 Å². The van der Waals surface area contributed by atoms with E-state index in [0.717, 1.165) is 18.1 Å². The second-order valence-corrected chi connectivity index (χ2v) is 6.95. The summed E-state index contributed by atoms with van der Waals surface area (Å²) in [4.78, 5) is 9.73. The lowest BCUT2D eigenvalue weighted by molar-refractivity contribution is 0.106. The number of piperidine rings is 1. The maximum absolute atomic E-state index is 4.50. The molecule has 4 rings (SSSR count). The molecule has 0 unspecified atom stereocenters. The molecule has 124 valence electrons. The van der Waals surface area contributed by atoms with E-state index < -0.39 is 0 Å². The van der Waals surface area contributed by atoms with Gasteiger partial charge in [0.15, 0.2) is 0 Å². The summed E-state index contributed by atoms with van der Waals surface area (Å²) in [7, 11) is 0. The average molecular weight is 313 g/mol. The number of rotatable bonds is 4. The van der Waals surface area contributed by atoms with Gasteiger partial charge in [-0.15, -0.1) is 0 Å². The van der Waals surface area contributed by atoms with E-state index in [1.54, 1.807) is 0 Å². The normalized spacial score (nSPS) is 21.9. The number of imidazole rings is 1. The van der Waals surface area contributed by atoms with Crippen molar-refractivity contribution in [1.82, 2.24) is 24.5 Å². The third kappa shape index (κ3) is 3.57. The summed E-state index contributed by atoms with van der Waals surface area (Å²) in [6, 6.07) is 6.20. The summed E-state index contributed by atoms with van der Waals surface area (Å²) in [5, 5.41) is 3.46. The van der Waals surface area contributed by atoms with Crippen molar-refractivity contribution in [2.24, 2.45) is 5.92 Å². The number of hydrogen-bond acceptors (Lipinski definition) is 4. The van der Waals surface area contributed by atoms with Crippen LogP contribution in [0.25, 0.3) is 5.65 Å². The summed E-state index contributed by atoms with van der Waals surface area (Å²) in [6.07, 6.45) is 6.84. The minimum atomic E-state index is 0.904. The van der Waals surface area contributed by atoms with E-state index in [0.29, 0.717) is 0 Å². The zero-order valence-corrected chi connectivity index (χ0v) is 13.8. The number of aromatic nitrogens is 2. The van der Waals surface area contributed by atoms with Crippen LogP contribution in [0.3, 0.4) is 0 Å². The van der Waals surface area contributed by atoms with Crippen molar-refractivity contribution in [2.75, 3.05) is 45.8 Å². The molecule has 2 saturated heterocycles. The van der Waals surface area contributed by atoms with Gasteiger partial charge in [0.2, 0.25) is 0 Å². The maximum atomic E-state index is 4.50. The lowest BCUT2D eigenvalue weighted by Gasteiger charge is -2.37. The van der Waals surface area contributed by atoms with E-state index in [-0.39, 0.29) is 0 Å². The van der Waals surface area contributed by atoms with Crippen LogP contribution in [-0.4, -0.2) is 65.0 Å². The van der Waals surface area contributed by atoms with Gasteiger partial charge in [0, 0.05) is 45.5 Å². The van der Waals surface area contributed by atoms with E-state index in [2.05, 4.69) is 42.8 Å². The largest absolute Gasteiger partial charge is 0.317 e. The number of hydrogen-bond donors (Lipinski definition) is 1. The quantitative estimate of drug-likeness (QED) is 0.927. The number of piperazine rings is 1. The summed E-state index contributed by atoms with van der Waals surface area (Å²) in [5.41, 5.74) is 2.35. The van der Waals surface area contributed by atoms with Crippen molar-refractivity contribution in [2.45, 2.75) is 19.4 Å². The highest BCUT2D eigenvalue weighted by molar-refractivity contribution is 5.39. The molecule has 0 bridgehead atoms. The molecule has 2 aliphatic rings. The van der Waals surface area contributed by atoms with E-state index >= 15 is 0 Å². The first-order valence-electron chi connectivity index (χ1n) is 8.95. The Labute approximate surface area is 138 Å². The fourth-order valence-corrected chi connectivity index (χ4v) is 3.89. The van der Waals surface area contributed by atoms with Crippen LogP contribution in [-0.2, 0) is 6.54 Å². The Bertz CT molecular complexity index is 623. The van der Waals surface area contributed by atoms with Crippen molar-refractivity contribution >= 4 is 5.65 Å². The first-order valence-corrected chi connectivity index (χ1v) is 8.95. The molecule has 0 saturated carbocycles. The molecule has 5 heteroatoms. The Balaban J connectivity index is 1.29. The molecule has 2 fully saturated rings. The molecule has 2 aromatic heterocycles. The van der Waals surface area contributed by atoms with Crippen LogP contribution in [0.2, 0.25) is 0 Å². The van der Waals surface area contributed by atoms with Crippen LogP contribution >= 0.6 is 0 Å². The molecule has 4 heterocycles. The third-order valence-corrected chi connectivity index (χ3v) is 5.32. The van der Waals surface area contributed by atoms with Gasteiger partial charge in [0.1, 0.15) is 5.65 Å². The lowest BCUT2D eigenvalue weighted by atomic mass is 9.97. The minimum Gasteiger partial charge on any atom is -0.317 e. The monoisotopic (exact) mass is 313 g/mol. The standard InChI is InChI=1S/C18H27N5/c1-2-8-23-17(13-20-18(23)3-1)15-22-11-9-21(10-12-22)14-16-4-6-19-7-5-16/h1-3,8,13,16,19H,4-7,9-12,14-15H2. The van der Waals surface area contributed by atoms with E-state index in [1.165, 1.54) is 64.3 Å². The zero-order valence-electron chi connectivity index (χ0n) is 13.8.